The molecule has 0 radical (unpaired) electrons. The summed E-state index contributed by atoms with van der Waals surface area (Å²) < 4.78 is 5.23. The first-order valence-electron chi connectivity index (χ1n) is 9.28. The smallest absolute Gasteiger partial charge is 0.317 e. The number of esters is 1. The summed E-state index contributed by atoms with van der Waals surface area (Å²) >= 11 is 1.42. The summed E-state index contributed by atoms with van der Waals surface area (Å²) in [6.07, 6.45) is 2.52. The van der Waals surface area contributed by atoms with Gasteiger partial charge in [-0.1, -0.05) is 6.07 Å². The average Bonchev–Trinajstić information content (AvgIpc) is 3.14. The van der Waals surface area contributed by atoms with Gasteiger partial charge in [0, 0.05) is 16.1 Å². The van der Waals surface area contributed by atoms with Crippen LogP contribution in [-0.2, 0) is 27.2 Å². The van der Waals surface area contributed by atoms with Gasteiger partial charge in [0.2, 0.25) is 0 Å². The van der Waals surface area contributed by atoms with Crippen LogP contribution in [0.3, 0.4) is 0 Å². The third-order valence-corrected chi connectivity index (χ3v) is 5.63. The van der Waals surface area contributed by atoms with Gasteiger partial charge >= 0.3 is 5.97 Å². The van der Waals surface area contributed by atoms with E-state index in [0.29, 0.717) is 11.3 Å². The molecule has 28 heavy (non-hydrogen) atoms. The van der Waals surface area contributed by atoms with Crippen molar-refractivity contribution in [1.29, 1.82) is 0 Å². The van der Waals surface area contributed by atoms with Crippen molar-refractivity contribution in [3.8, 4) is 0 Å². The van der Waals surface area contributed by atoms with E-state index in [4.69, 9.17) is 4.74 Å². The number of aryl methyl sites for hydroxylation is 2. The molecule has 0 aromatic heterocycles. The second-order valence-corrected chi connectivity index (χ2v) is 7.88. The predicted molar refractivity (Wildman–Crippen MR) is 110 cm³/mol. The Morgan fingerprint density at radius 2 is 1.79 bits per heavy atom. The summed E-state index contributed by atoms with van der Waals surface area (Å²) in [5.41, 5.74) is 3.88. The lowest BCUT2D eigenvalue weighted by molar-refractivity contribution is -0.150. The van der Waals surface area contributed by atoms with Crippen LogP contribution >= 0.6 is 11.8 Å². The van der Waals surface area contributed by atoms with E-state index in [2.05, 4.69) is 17.4 Å². The Balaban J connectivity index is 1.46. The molecule has 1 N–H and O–H groups in total. The van der Waals surface area contributed by atoms with Crippen molar-refractivity contribution in [3.05, 3.63) is 59.2 Å². The number of ether oxygens (including phenoxy) is 1. The van der Waals surface area contributed by atoms with Gasteiger partial charge in [-0.2, -0.15) is 0 Å². The fourth-order valence-corrected chi connectivity index (χ4v) is 3.84. The number of ketones is 1. The van der Waals surface area contributed by atoms with Crippen LogP contribution in [0.25, 0.3) is 0 Å². The van der Waals surface area contributed by atoms with Crippen molar-refractivity contribution >= 4 is 35.1 Å². The highest BCUT2D eigenvalue weighted by atomic mass is 32.2. The van der Waals surface area contributed by atoms with E-state index in [9.17, 15) is 14.4 Å². The molecule has 2 aromatic carbocycles. The monoisotopic (exact) mass is 397 g/mol. The zero-order valence-corrected chi connectivity index (χ0v) is 16.8. The Bertz CT molecular complexity index is 892. The Morgan fingerprint density at radius 3 is 2.50 bits per heavy atom. The van der Waals surface area contributed by atoms with Crippen molar-refractivity contribution in [2.45, 2.75) is 44.1 Å². The standard InChI is InChI=1S/C22H23NO4S/c1-14(24)16-6-9-19(10-7-16)23-22(26)15(2)27-21(25)13-28-20-11-8-17-4-3-5-18(17)12-20/h6-12,15H,3-5,13H2,1-2H3,(H,23,26)/t15-/m0/s1. The number of amides is 1. The van der Waals surface area contributed by atoms with Crippen LogP contribution in [0, 0.1) is 0 Å². The molecule has 0 saturated heterocycles. The van der Waals surface area contributed by atoms with Crippen LogP contribution in [0.4, 0.5) is 5.69 Å². The molecule has 0 spiro atoms. The van der Waals surface area contributed by atoms with E-state index in [1.54, 1.807) is 24.3 Å². The third kappa shape index (κ3) is 5.23. The first-order valence-corrected chi connectivity index (χ1v) is 10.3. The first-order chi connectivity index (χ1) is 13.4. The van der Waals surface area contributed by atoms with E-state index < -0.39 is 18.0 Å². The lowest BCUT2D eigenvalue weighted by Crippen LogP contribution is -2.30. The molecule has 1 atom stereocenters. The molecule has 1 aliphatic carbocycles. The lowest BCUT2D eigenvalue weighted by atomic mass is 10.1. The molecule has 1 aliphatic rings. The first kappa shape index (κ1) is 20.1. The lowest BCUT2D eigenvalue weighted by Gasteiger charge is -2.14. The molecule has 2 aromatic rings. The molecular weight excluding hydrogens is 374 g/mol. The summed E-state index contributed by atoms with van der Waals surface area (Å²) in [5.74, 6) is -0.725. The molecule has 3 rings (SSSR count). The van der Waals surface area contributed by atoms with Gasteiger partial charge in [-0.05, 0) is 80.6 Å². The van der Waals surface area contributed by atoms with Crippen molar-refractivity contribution in [3.63, 3.8) is 0 Å². The van der Waals surface area contributed by atoms with Gasteiger partial charge in [0.25, 0.3) is 5.91 Å². The molecule has 5 nitrogen and oxygen atoms in total. The second kappa shape index (κ2) is 9.06. The third-order valence-electron chi connectivity index (χ3n) is 4.66. The summed E-state index contributed by atoms with van der Waals surface area (Å²) in [5, 5.41) is 2.68. The maximum absolute atomic E-state index is 12.2. The fraction of sp³-hybridized carbons (Fsp3) is 0.318. The minimum Gasteiger partial charge on any atom is -0.452 e. The van der Waals surface area contributed by atoms with Crippen molar-refractivity contribution < 1.29 is 19.1 Å². The van der Waals surface area contributed by atoms with Crippen LogP contribution < -0.4 is 5.32 Å². The number of hydrogen-bond donors (Lipinski definition) is 1. The Hall–Kier alpha value is -2.60. The normalized spacial score (nSPS) is 13.5. The van der Waals surface area contributed by atoms with Crippen LogP contribution in [0.2, 0.25) is 0 Å². The number of benzene rings is 2. The topological polar surface area (TPSA) is 72.5 Å². The number of carbonyl (C=O) groups excluding carboxylic acids is 3. The molecular formula is C22H23NO4S. The number of nitrogens with one attached hydrogen (secondary N) is 1. The van der Waals surface area contributed by atoms with Crippen LogP contribution in [0.15, 0.2) is 47.4 Å². The van der Waals surface area contributed by atoms with E-state index in [-0.39, 0.29) is 11.5 Å². The zero-order valence-electron chi connectivity index (χ0n) is 16.0. The number of fused-ring (bicyclic) bond motifs is 1. The van der Waals surface area contributed by atoms with Crippen LogP contribution in [0.1, 0.15) is 41.8 Å². The highest BCUT2D eigenvalue weighted by molar-refractivity contribution is 8.00. The van der Waals surface area contributed by atoms with Gasteiger partial charge in [-0.15, -0.1) is 11.8 Å². The highest BCUT2D eigenvalue weighted by Gasteiger charge is 2.18. The minimum absolute atomic E-state index is 0.0407. The maximum Gasteiger partial charge on any atom is 0.317 e. The van der Waals surface area contributed by atoms with Crippen molar-refractivity contribution in [2.24, 2.45) is 0 Å². The van der Waals surface area contributed by atoms with Gasteiger partial charge in [0.1, 0.15) is 0 Å². The summed E-state index contributed by atoms with van der Waals surface area (Å²) in [6, 6.07) is 12.9. The summed E-state index contributed by atoms with van der Waals surface area (Å²) in [7, 11) is 0. The van der Waals surface area contributed by atoms with E-state index in [0.717, 1.165) is 17.7 Å². The maximum atomic E-state index is 12.2. The van der Waals surface area contributed by atoms with Gasteiger partial charge < -0.3 is 10.1 Å². The summed E-state index contributed by atoms with van der Waals surface area (Å²) in [6.45, 7) is 3.02. The van der Waals surface area contributed by atoms with Gasteiger partial charge in [-0.25, -0.2) is 0 Å². The molecule has 146 valence electrons. The van der Waals surface area contributed by atoms with E-state index >= 15 is 0 Å². The highest BCUT2D eigenvalue weighted by Crippen LogP contribution is 2.27. The predicted octanol–water partition coefficient (Wildman–Crippen LogP) is 4.04. The van der Waals surface area contributed by atoms with Crippen LogP contribution in [0.5, 0.6) is 0 Å². The molecule has 0 fully saturated rings. The number of hydrogen-bond acceptors (Lipinski definition) is 5. The minimum atomic E-state index is -0.902. The average molecular weight is 397 g/mol. The molecule has 0 bridgehead atoms. The second-order valence-electron chi connectivity index (χ2n) is 6.83. The molecule has 0 saturated carbocycles. The molecule has 0 heterocycles. The molecule has 1 amide bonds. The SMILES string of the molecule is CC(=O)c1ccc(NC(=O)[C@H](C)OC(=O)CSc2ccc3c(c2)CCC3)cc1. The molecule has 6 heteroatoms. The van der Waals surface area contributed by atoms with E-state index in [1.807, 2.05) is 6.07 Å². The Kier molecular flexibility index (Phi) is 6.52. The quantitative estimate of drug-likeness (QED) is 0.434. The number of anilines is 1. The number of Topliss-reactive ketones (excluding diaryl/α,β-unsaturated/α-hetero) is 1. The zero-order chi connectivity index (χ0) is 20.1. The Labute approximate surface area is 168 Å². The van der Waals surface area contributed by atoms with Gasteiger partial charge in [0.15, 0.2) is 11.9 Å². The fourth-order valence-electron chi connectivity index (χ4n) is 3.10. The van der Waals surface area contributed by atoms with Crippen molar-refractivity contribution in [2.75, 3.05) is 11.1 Å². The van der Waals surface area contributed by atoms with Crippen LogP contribution in [-0.4, -0.2) is 29.5 Å². The number of carbonyl (C=O) groups is 3. The number of rotatable bonds is 7. The Morgan fingerprint density at radius 1 is 1.07 bits per heavy atom. The summed E-state index contributed by atoms with van der Waals surface area (Å²) in [4.78, 5) is 36.6. The van der Waals surface area contributed by atoms with Gasteiger partial charge in [-0.3, -0.25) is 14.4 Å². The molecule has 0 unspecified atom stereocenters. The van der Waals surface area contributed by atoms with E-state index in [1.165, 1.54) is 43.2 Å². The molecule has 0 aliphatic heterocycles. The number of thioether (sulfide) groups is 1. The van der Waals surface area contributed by atoms with Crippen molar-refractivity contribution in [1.82, 2.24) is 0 Å². The van der Waals surface area contributed by atoms with Gasteiger partial charge in [0.05, 0.1) is 5.75 Å². The largest absolute Gasteiger partial charge is 0.452 e.